The summed E-state index contributed by atoms with van der Waals surface area (Å²) in [6.07, 6.45) is 1.44. The number of barbiturate groups is 1. The smallest absolute Gasteiger partial charge is 0.335 e. The van der Waals surface area contributed by atoms with E-state index >= 15 is 0 Å². The molecular formula is C27H22ClIN2O5. The Morgan fingerprint density at radius 1 is 1.00 bits per heavy atom. The van der Waals surface area contributed by atoms with Crippen LogP contribution >= 0.6 is 34.2 Å². The molecule has 36 heavy (non-hydrogen) atoms. The largest absolute Gasteiger partial charge is 0.493 e. The molecule has 0 bridgehead atoms. The zero-order valence-corrected chi connectivity index (χ0v) is 22.6. The minimum absolute atomic E-state index is 0.166. The van der Waals surface area contributed by atoms with Crippen molar-refractivity contribution in [2.45, 2.75) is 20.5 Å². The fourth-order valence-electron chi connectivity index (χ4n) is 3.62. The summed E-state index contributed by atoms with van der Waals surface area (Å²) >= 11 is 8.05. The molecule has 1 heterocycles. The highest BCUT2D eigenvalue weighted by Gasteiger charge is 2.37. The monoisotopic (exact) mass is 616 g/mol. The van der Waals surface area contributed by atoms with Crippen molar-refractivity contribution >= 4 is 63.8 Å². The lowest BCUT2D eigenvalue weighted by Crippen LogP contribution is -2.54. The third kappa shape index (κ3) is 5.39. The molecule has 0 aromatic heterocycles. The van der Waals surface area contributed by atoms with Gasteiger partial charge in [-0.25, -0.2) is 9.69 Å². The number of carbonyl (C=O) groups is 3. The van der Waals surface area contributed by atoms with E-state index in [1.807, 2.05) is 32.0 Å². The summed E-state index contributed by atoms with van der Waals surface area (Å²) in [4.78, 5) is 39.3. The van der Waals surface area contributed by atoms with Gasteiger partial charge in [-0.3, -0.25) is 14.9 Å². The normalized spacial score (nSPS) is 14.8. The van der Waals surface area contributed by atoms with Crippen molar-refractivity contribution in [3.63, 3.8) is 0 Å². The molecule has 0 radical (unpaired) electrons. The van der Waals surface area contributed by atoms with E-state index in [9.17, 15) is 14.4 Å². The van der Waals surface area contributed by atoms with E-state index in [4.69, 9.17) is 21.1 Å². The molecule has 7 nitrogen and oxygen atoms in total. The first-order valence-corrected chi connectivity index (χ1v) is 12.4. The van der Waals surface area contributed by atoms with Crippen LogP contribution in [0.5, 0.6) is 11.5 Å². The zero-order valence-electron chi connectivity index (χ0n) is 19.7. The van der Waals surface area contributed by atoms with Gasteiger partial charge in [-0.1, -0.05) is 29.8 Å². The molecule has 1 aliphatic rings. The van der Waals surface area contributed by atoms with E-state index in [0.717, 1.165) is 25.2 Å². The number of hydrogen-bond acceptors (Lipinski definition) is 5. The summed E-state index contributed by atoms with van der Waals surface area (Å²) in [5, 5.41) is 2.89. The topological polar surface area (TPSA) is 84.9 Å². The van der Waals surface area contributed by atoms with Crippen molar-refractivity contribution in [3.05, 3.63) is 91.0 Å². The van der Waals surface area contributed by atoms with Gasteiger partial charge in [0, 0.05) is 5.02 Å². The summed E-state index contributed by atoms with van der Waals surface area (Å²) in [6, 6.07) is 15.2. The predicted octanol–water partition coefficient (Wildman–Crippen LogP) is 5.82. The summed E-state index contributed by atoms with van der Waals surface area (Å²) in [5.74, 6) is -0.499. The quantitative estimate of drug-likeness (QED) is 0.215. The molecule has 1 N–H and O–H groups in total. The Labute approximate surface area is 227 Å². The van der Waals surface area contributed by atoms with Gasteiger partial charge in [0.2, 0.25) is 0 Å². The molecule has 4 amide bonds. The number of ether oxygens (including phenoxy) is 2. The molecule has 0 saturated carbocycles. The molecule has 1 saturated heterocycles. The maximum absolute atomic E-state index is 13.2. The van der Waals surface area contributed by atoms with Crippen molar-refractivity contribution in [1.82, 2.24) is 5.32 Å². The Hall–Kier alpha value is -3.37. The van der Waals surface area contributed by atoms with Crippen molar-refractivity contribution in [2.24, 2.45) is 0 Å². The maximum atomic E-state index is 13.2. The van der Waals surface area contributed by atoms with Crippen LogP contribution in [-0.2, 0) is 16.2 Å². The van der Waals surface area contributed by atoms with E-state index in [0.29, 0.717) is 34.4 Å². The van der Waals surface area contributed by atoms with Crippen molar-refractivity contribution in [3.8, 4) is 11.5 Å². The first kappa shape index (κ1) is 25.7. The number of methoxy groups -OCH3 is 1. The van der Waals surface area contributed by atoms with Crippen LogP contribution < -0.4 is 19.7 Å². The van der Waals surface area contributed by atoms with Crippen molar-refractivity contribution in [2.75, 3.05) is 12.0 Å². The molecule has 3 aromatic rings. The minimum Gasteiger partial charge on any atom is -0.493 e. The highest BCUT2D eigenvalue weighted by Crippen LogP contribution is 2.35. The Morgan fingerprint density at radius 3 is 2.39 bits per heavy atom. The van der Waals surface area contributed by atoms with Gasteiger partial charge in [0.15, 0.2) is 11.5 Å². The molecule has 9 heteroatoms. The number of benzene rings is 3. The third-order valence-corrected chi connectivity index (χ3v) is 6.76. The number of aryl methyl sites for hydroxylation is 2. The van der Waals surface area contributed by atoms with Crippen LogP contribution in [0.2, 0.25) is 5.02 Å². The molecule has 1 fully saturated rings. The van der Waals surface area contributed by atoms with Crippen LogP contribution in [0.25, 0.3) is 6.08 Å². The van der Waals surface area contributed by atoms with Crippen LogP contribution in [0.15, 0.2) is 60.2 Å². The molecule has 184 valence electrons. The predicted molar refractivity (Wildman–Crippen MR) is 146 cm³/mol. The summed E-state index contributed by atoms with van der Waals surface area (Å²) in [5.41, 5.74) is 3.64. The first-order valence-electron chi connectivity index (χ1n) is 10.9. The molecule has 0 atom stereocenters. The number of halogens is 2. The summed E-state index contributed by atoms with van der Waals surface area (Å²) in [7, 11) is 1.51. The van der Waals surface area contributed by atoms with Gasteiger partial charge in [-0.2, -0.15) is 0 Å². The van der Waals surface area contributed by atoms with E-state index in [-0.39, 0.29) is 5.57 Å². The lowest BCUT2D eigenvalue weighted by Gasteiger charge is -2.27. The Balaban J connectivity index is 1.64. The van der Waals surface area contributed by atoms with E-state index in [1.54, 1.807) is 36.4 Å². The molecule has 3 aromatic carbocycles. The standard InChI is InChI=1S/C27H22ClIN2O5/c1-15-4-9-20(10-16(15)2)31-26(33)21(25(32)30-27(31)34)11-18-12-22(29)24(23(13-18)35-3)36-14-17-5-7-19(28)8-6-17/h4-13H,14H2,1-3H3,(H,30,32,34)/b21-11-. The Morgan fingerprint density at radius 2 is 1.72 bits per heavy atom. The van der Waals surface area contributed by atoms with Gasteiger partial charge in [0.1, 0.15) is 12.2 Å². The van der Waals surface area contributed by atoms with Gasteiger partial charge in [0.25, 0.3) is 11.8 Å². The Bertz CT molecular complexity index is 1400. The molecule has 0 unspecified atom stereocenters. The lowest BCUT2D eigenvalue weighted by molar-refractivity contribution is -0.122. The summed E-state index contributed by atoms with van der Waals surface area (Å²) < 4.78 is 12.2. The second kappa shape index (κ2) is 10.7. The zero-order chi connectivity index (χ0) is 26.0. The second-order valence-corrected chi connectivity index (χ2v) is 9.77. The van der Waals surface area contributed by atoms with E-state index < -0.39 is 17.8 Å². The number of rotatable bonds is 6. The van der Waals surface area contributed by atoms with Crippen LogP contribution in [0, 0.1) is 17.4 Å². The number of nitrogens with zero attached hydrogens (tertiary/aromatic N) is 1. The minimum atomic E-state index is -0.788. The molecule has 4 rings (SSSR count). The maximum Gasteiger partial charge on any atom is 0.335 e. The first-order chi connectivity index (χ1) is 17.2. The van der Waals surface area contributed by atoms with Gasteiger partial charge in [-0.05, 0) is 101 Å². The Kier molecular flexibility index (Phi) is 7.65. The fourth-order valence-corrected chi connectivity index (χ4v) is 4.53. The number of amides is 4. The van der Waals surface area contributed by atoms with Gasteiger partial charge >= 0.3 is 6.03 Å². The lowest BCUT2D eigenvalue weighted by atomic mass is 10.0. The fraction of sp³-hybridized carbons (Fsp3) is 0.148. The van der Waals surface area contributed by atoms with Gasteiger partial charge in [-0.15, -0.1) is 0 Å². The number of imide groups is 2. The number of hydrogen-bond donors (Lipinski definition) is 1. The number of anilines is 1. The average Bonchev–Trinajstić information content (AvgIpc) is 2.84. The molecule has 0 aliphatic carbocycles. The van der Waals surface area contributed by atoms with Crippen LogP contribution in [0.4, 0.5) is 10.5 Å². The number of urea groups is 1. The highest BCUT2D eigenvalue weighted by atomic mass is 127. The SMILES string of the molecule is COc1cc(/C=C2/C(=O)NC(=O)N(c3ccc(C)c(C)c3)C2=O)cc(I)c1OCc1ccc(Cl)cc1. The van der Waals surface area contributed by atoms with Crippen LogP contribution in [0.1, 0.15) is 22.3 Å². The van der Waals surface area contributed by atoms with Crippen LogP contribution in [-0.4, -0.2) is 25.0 Å². The third-order valence-electron chi connectivity index (χ3n) is 5.71. The van der Waals surface area contributed by atoms with Crippen molar-refractivity contribution in [1.29, 1.82) is 0 Å². The van der Waals surface area contributed by atoms with Gasteiger partial charge < -0.3 is 9.47 Å². The number of nitrogens with one attached hydrogen (secondary N) is 1. The molecule has 1 aliphatic heterocycles. The van der Waals surface area contributed by atoms with E-state index in [1.165, 1.54) is 13.2 Å². The van der Waals surface area contributed by atoms with Gasteiger partial charge in [0.05, 0.1) is 16.4 Å². The number of carbonyl (C=O) groups excluding carboxylic acids is 3. The second-order valence-electron chi connectivity index (χ2n) is 8.18. The molecule has 0 spiro atoms. The average molecular weight is 617 g/mol. The van der Waals surface area contributed by atoms with E-state index in [2.05, 4.69) is 27.9 Å². The van der Waals surface area contributed by atoms with Crippen molar-refractivity contribution < 1.29 is 23.9 Å². The highest BCUT2D eigenvalue weighted by molar-refractivity contribution is 14.1. The van der Waals surface area contributed by atoms with Crippen LogP contribution in [0.3, 0.4) is 0 Å². The summed E-state index contributed by atoms with van der Waals surface area (Å²) in [6.45, 7) is 4.12. The molecular weight excluding hydrogens is 595 g/mol.